The Morgan fingerprint density at radius 3 is 1.30 bits per heavy atom. The van der Waals surface area contributed by atoms with E-state index in [-0.39, 0.29) is 6.71 Å². The SMILES string of the molecule is Cc1cc(C)c(B2c3ccccc3C3(c4ccccc42)c2cc(-c4ccccc4)ccc2N(c2ccccc2)c2ccc(-c4ccccc4)cc23)c(C)c1. The van der Waals surface area contributed by atoms with Crippen LogP contribution in [-0.4, -0.2) is 6.71 Å². The van der Waals surface area contributed by atoms with Gasteiger partial charge in [0.25, 0.3) is 0 Å². The summed E-state index contributed by atoms with van der Waals surface area (Å²) >= 11 is 0. The minimum atomic E-state index is -0.609. The average molecular weight is 690 g/mol. The van der Waals surface area contributed by atoms with Crippen molar-refractivity contribution in [2.24, 2.45) is 0 Å². The van der Waals surface area contributed by atoms with Gasteiger partial charge in [0.2, 0.25) is 6.71 Å². The predicted octanol–water partition coefficient (Wildman–Crippen LogP) is 10.9. The maximum atomic E-state index is 2.50. The molecular weight excluding hydrogens is 649 g/mol. The summed E-state index contributed by atoms with van der Waals surface area (Å²) in [5, 5.41) is 0. The second-order valence-corrected chi connectivity index (χ2v) is 15.0. The first-order valence-electron chi connectivity index (χ1n) is 19.1. The number of benzene rings is 8. The van der Waals surface area contributed by atoms with Crippen LogP contribution in [0.15, 0.2) is 188 Å². The number of anilines is 3. The van der Waals surface area contributed by atoms with Gasteiger partial charge >= 0.3 is 0 Å². The van der Waals surface area contributed by atoms with Gasteiger partial charge in [-0.2, -0.15) is 0 Å². The van der Waals surface area contributed by atoms with Crippen molar-refractivity contribution >= 4 is 40.2 Å². The summed E-state index contributed by atoms with van der Waals surface area (Å²) in [5.74, 6) is 0. The minimum Gasteiger partial charge on any atom is -0.310 e. The zero-order valence-electron chi connectivity index (χ0n) is 30.9. The third-order valence-corrected chi connectivity index (χ3v) is 11.9. The summed E-state index contributed by atoms with van der Waals surface area (Å²) < 4.78 is 0. The summed E-state index contributed by atoms with van der Waals surface area (Å²) in [4.78, 5) is 2.49. The Hall–Kier alpha value is -6.38. The Balaban J connectivity index is 1.38. The fraction of sp³-hybridized carbons (Fsp3) is 0.0769. The van der Waals surface area contributed by atoms with Crippen LogP contribution >= 0.6 is 0 Å². The van der Waals surface area contributed by atoms with E-state index in [9.17, 15) is 0 Å². The van der Waals surface area contributed by atoms with Crippen molar-refractivity contribution in [2.45, 2.75) is 26.2 Å². The Kier molecular flexibility index (Phi) is 7.56. The molecule has 0 fully saturated rings. The third kappa shape index (κ3) is 4.80. The maximum absolute atomic E-state index is 2.50. The quantitative estimate of drug-likeness (QED) is 0.166. The molecule has 54 heavy (non-hydrogen) atoms. The van der Waals surface area contributed by atoms with Crippen LogP contribution in [-0.2, 0) is 5.41 Å². The van der Waals surface area contributed by atoms with Gasteiger partial charge in [0.1, 0.15) is 0 Å². The lowest BCUT2D eigenvalue weighted by Crippen LogP contribution is -2.63. The highest BCUT2D eigenvalue weighted by Gasteiger charge is 2.53. The Morgan fingerprint density at radius 1 is 0.389 bits per heavy atom. The minimum absolute atomic E-state index is 0.0947. The first-order chi connectivity index (χ1) is 26.5. The number of fused-ring (bicyclic) bond motifs is 8. The largest absolute Gasteiger partial charge is 0.310 e. The van der Waals surface area contributed by atoms with E-state index < -0.39 is 5.41 Å². The Labute approximate surface area is 319 Å². The molecule has 0 unspecified atom stereocenters. The van der Waals surface area contributed by atoms with E-state index >= 15 is 0 Å². The van der Waals surface area contributed by atoms with Crippen LogP contribution in [0.25, 0.3) is 22.3 Å². The second-order valence-electron chi connectivity index (χ2n) is 15.0. The third-order valence-electron chi connectivity index (χ3n) is 11.9. The highest BCUT2D eigenvalue weighted by atomic mass is 15.2. The van der Waals surface area contributed by atoms with Crippen molar-refractivity contribution in [1.82, 2.24) is 0 Å². The first-order valence-corrected chi connectivity index (χ1v) is 19.1. The van der Waals surface area contributed by atoms with Crippen molar-refractivity contribution in [2.75, 3.05) is 4.90 Å². The molecule has 0 saturated carbocycles. The molecule has 8 aromatic rings. The fourth-order valence-electron chi connectivity index (χ4n) is 9.84. The van der Waals surface area contributed by atoms with Crippen molar-refractivity contribution < 1.29 is 0 Å². The van der Waals surface area contributed by atoms with E-state index in [1.54, 1.807) is 0 Å². The molecule has 0 aliphatic carbocycles. The lowest BCUT2D eigenvalue weighted by molar-refractivity contribution is 0.737. The van der Waals surface area contributed by atoms with E-state index in [1.165, 1.54) is 89.0 Å². The zero-order valence-corrected chi connectivity index (χ0v) is 30.9. The molecule has 8 aromatic carbocycles. The fourth-order valence-corrected chi connectivity index (χ4v) is 9.84. The molecule has 10 rings (SSSR count). The van der Waals surface area contributed by atoms with Gasteiger partial charge in [-0.25, -0.2) is 0 Å². The van der Waals surface area contributed by atoms with E-state index in [0.717, 1.165) is 5.69 Å². The van der Waals surface area contributed by atoms with Gasteiger partial charge in [0.15, 0.2) is 0 Å². The van der Waals surface area contributed by atoms with Gasteiger partial charge in [-0.05, 0) is 102 Å². The van der Waals surface area contributed by atoms with Crippen LogP contribution < -0.4 is 21.3 Å². The van der Waals surface area contributed by atoms with Gasteiger partial charge in [-0.1, -0.05) is 185 Å². The molecular formula is C52H40BN. The highest BCUT2D eigenvalue weighted by molar-refractivity contribution is 6.97. The van der Waals surface area contributed by atoms with Crippen LogP contribution in [0.4, 0.5) is 17.1 Å². The molecule has 2 heteroatoms. The summed E-state index contributed by atoms with van der Waals surface area (Å²) in [6, 6.07) is 70.3. The van der Waals surface area contributed by atoms with E-state index in [0.29, 0.717) is 0 Å². The molecule has 0 bridgehead atoms. The summed E-state index contributed by atoms with van der Waals surface area (Å²) in [6.45, 7) is 6.90. The molecule has 2 aliphatic heterocycles. The lowest BCUT2D eigenvalue weighted by Gasteiger charge is -2.51. The smallest absolute Gasteiger partial charge is 0.242 e. The van der Waals surface area contributed by atoms with E-state index in [4.69, 9.17) is 0 Å². The maximum Gasteiger partial charge on any atom is 0.242 e. The van der Waals surface area contributed by atoms with E-state index in [1.807, 2.05) is 0 Å². The van der Waals surface area contributed by atoms with Crippen LogP contribution in [0.5, 0.6) is 0 Å². The van der Waals surface area contributed by atoms with Gasteiger partial charge in [0.05, 0.1) is 16.8 Å². The van der Waals surface area contributed by atoms with Gasteiger partial charge < -0.3 is 4.90 Å². The van der Waals surface area contributed by atoms with Gasteiger partial charge in [-0.15, -0.1) is 0 Å². The molecule has 256 valence electrons. The van der Waals surface area contributed by atoms with Gasteiger partial charge in [0, 0.05) is 5.69 Å². The molecule has 2 heterocycles. The Morgan fingerprint density at radius 2 is 0.815 bits per heavy atom. The van der Waals surface area contributed by atoms with Crippen molar-refractivity contribution in [3.05, 3.63) is 227 Å². The normalized spacial score (nSPS) is 13.5. The Bertz CT molecular complexity index is 2530. The van der Waals surface area contributed by atoms with E-state index in [2.05, 4.69) is 214 Å². The van der Waals surface area contributed by atoms with Gasteiger partial charge in [-0.3, -0.25) is 0 Å². The van der Waals surface area contributed by atoms with Crippen LogP contribution in [0.2, 0.25) is 0 Å². The highest BCUT2D eigenvalue weighted by Crippen LogP contribution is 2.59. The molecule has 0 radical (unpaired) electrons. The number of aryl methyl sites for hydroxylation is 3. The van der Waals surface area contributed by atoms with Crippen LogP contribution in [0.1, 0.15) is 38.9 Å². The monoisotopic (exact) mass is 689 g/mol. The first kappa shape index (κ1) is 32.3. The predicted molar refractivity (Wildman–Crippen MR) is 229 cm³/mol. The molecule has 0 N–H and O–H groups in total. The molecule has 0 amide bonds. The van der Waals surface area contributed by atoms with Crippen LogP contribution in [0, 0.1) is 20.8 Å². The number of nitrogens with zero attached hydrogens (tertiary/aromatic N) is 1. The number of hydrogen-bond donors (Lipinski definition) is 0. The number of para-hydroxylation sites is 1. The molecule has 2 aliphatic rings. The average Bonchev–Trinajstić information content (AvgIpc) is 3.22. The summed E-state index contributed by atoms with van der Waals surface area (Å²) in [6.07, 6.45) is 0. The second kappa shape index (κ2) is 12.6. The number of hydrogen-bond acceptors (Lipinski definition) is 1. The molecule has 0 saturated heterocycles. The molecule has 0 atom stereocenters. The molecule has 0 aromatic heterocycles. The topological polar surface area (TPSA) is 3.24 Å². The van der Waals surface area contributed by atoms with Crippen molar-refractivity contribution in [3.63, 3.8) is 0 Å². The number of rotatable bonds is 4. The summed E-state index contributed by atoms with van der Waals surface area (Å²) in [7, 11) is 0. The lowest BCUT2D eigenvalue weighted by atomic mass is 9.29. The van der Waals surface area contributed by atoms with Crippen molar-refractivity contribution in [3.8, 4) is 22.3 Å². The molecule has 1 spiro atoms. The van der Waals surface area contributed by atoms with Crippen molar-refractivity contribution in [1.29, 1.82) is 0 Å². The molecule has 1 nitrogen and oxygen atoms in total. The zero-order chi connectivity index (χ0) is 36.4. The summed E-state index contributed by atoms with van der Waals surface area (Å²) in [5.41, 5.74) is 21.2. The van der Waals surface area contributed by atoms with Crippen LogP contribution in [0.3, 0.4) is 0 Å². The standard InChI is InChI=1S/C52H40BN/c1-35-31-36(2)51(37(3)32-35)53-47-25-15-13-23-43(47)52(44-24-14-16-26-48(44)53)45-33-40(38-17-7-4-8-18-38)27-29-49(45)54(42-21-11-6-12-22-42)50-30-28-41(34-46(50)52)39-19-9-5-10-20-39/h4-34H,1-3H3.